The maximum atomic E-state index is 12.8. The molecule has 0 fully saturated rings. The molecule has 2 aromatic carbocycles. The van der Waals surface area contributed by atoms with Gasteiger partial charge in [-0.05, 0) is 42.0 Å². The van der Waals surface area contributed by atoms with E-state index in [0.717, 1.165) is 24.4 Å². The molecule has 0 aromatic heterocycles. The van der Waals surface area contributed by atoms with Crippen LogP contribution >= 0.6 is 12.2 Å². The zero-order valence-electron chi connectivity index (χ0n) is 11.5. The van der Waals surface area contributed by atoms with Crippen LogP contribution in [0.4, 0.5) is 15.8 Å². The highest BCUT2D eigenvalue weighted by Crippen LogP contribution is 2.19. The molecule has 0 saturated carbocycles. The number of nitro groups is 1. The summed E-state index contributed by atoms with van der Waals surface area (Å²) in [6, 6.07) is 8.83. The molecule has 0 unspecified atom stereocenters. The second kappa shape index (κ2) is 7.27. The van der Waals surface area contributed by atoms with Crippen molar-refractivity contribution < 1.29 is 14.4 Å². The molecule has 9 heteroatoms. The van der Waals surface area contributed by atoms with Crippen LogP contribution in [0.15, 0.2) is 47.6 Å². The molecule has 0 heterocycles. The fourth-order valence-corrected chi connectivity index (χ4v) is 1.77. The van der Waals surface area contributed by atoms with Crippen molar-refractivity contribution in [3.05, 3.63) is 64.0 Å². The summed E-state index contributed by atoms with van der Waals surface area (Å²) in [5.74, 6) is -0.778. The Morgan fingerprint density at radius 2 is 1.96 bits per heavy atom. The predicted octanol–water partition coefficient (Wildman–Crippen LogP) is 2.13. The van der Waals surface area contributed by atoms with E-state index in [0.29, 0.717) is 5.69 Å². The summed E-state index contributed by atoms with van der Waals surface area (Å²) in [5, 5.41) is 28.8. The van der Waals surface area contributed by atoms with E-state index >= 15 is 0 Å². The van der Waals surface area contributed by atoms with Gasteiger partial charge in [0.05, 0.1) is 11.1 Å². The average molecular weight is 333 g/mol. The molecule has 118 valence electrons. The van der Waals surface area contributed by atoms with Crippen molar-refractivity contribution in [1.29, 1.82) is 0 Å². The Kier molecular flexibility index (Phi) is 5.15. The first-order chi connectivity index (χ1) is 11.0. The maximum Gasteiger partial charge on any atom is 0.270 e. The highest BCUT2D eigenvalue weighted by Gasteiger charge is 2.05. The molecule has 0 atom stereocenters. The summed E-state index contributed by atoms with van der Waals surface area (Å²) in [7, 11) is 0. The van der Waals surface area contributed by atoms with Crippen LogP contribution in [0.2, 0.25) is 0 Å². The Balaban J connectivity index is 1.98. The van der Waals surface area contributed by atoms with E-state index in [1.54, 1.807) is 0 Å². The zero-order valence-corrected chi connectivity index (χ0v) is 12.3. The number of anilines is 1. The number of nitrogens with one attached hydrogen (secondary N) is 2. The lowest BCUT2D eigenvalue weighted by Crippen LogP contribution is -2.23. The molecular formula is C14H10FN4O3S-. The molecule has 0 saturated heterocycles. The summed E-state index contributed by atoms with van der Waals surface area (Å²) in [6.07, 6.45) is 1.13. The minimum absolute atomic E-state index is 0.0521. The number of hydrazone groups is 1. The second-order valence-electron chi connectivity index (χ2n) is 4.31. The third-order valence-corrected chi connectivity index (χ3v) is 2.87. The van der Waals surface area contributed by atoms with Crippen LogP contribution < -0.4 is 15.8 Å². The molecule has 2 N–H and O–H groups in total. The normalized spacial score (nSPS) is 10.5. The summed E-state index contributed by atoms with van der Waals surface area (Å²) < 4.78 is 12.8. The van der Waals surface area contributed by atoms with E-state index < -0.39 is 10.7 Å². The lowest BCUT2D eigenvalue weighted by Gasteiger charge is -2.09. The van der Waals surface area contributed by atoms with Gasteiger partial charge >= 0.3 is 0 Å². The number of hydrogen-bond acceptors (Lipinski definition) is 5. The smallest absolute Gasteiger partial charge is 0.270 e. The highest BCUT2D eigenvalue weighted by atomic mass is 32.1. The van der Waals surface area contributed by atoms with Crippen molar-refractivity contribution in [2.24, 2.45) is 5.10 Å². The molecule has 2 aromatic rings. The van der Waals surface area contributed by atoms with E-state index in [4.69, 9.17) is 12.2 Å². The van der Waals surface area contributed by atoms with Gasteiger partial charge in [-0.3, -0.25) is 15.5 Å². The molecule has 2 rings (SSSR count). The monoisotopic (exact) mass is 333 g/mol. The Bertz CT molecular complexity index is 765. The summed E-state index contributed by atoms with van der Waals surface area (Å²) in [6.45, 7) is 0. The van der Waals surface area contributed by atoms with Gasteiger partial charge in [-0.15, -0.1) is 0 Å². The maximum absolute atomic E-state index is 12.8. The van der Waals surface area contributed by atoms with Crippen LogP contribution in [0, 0.1) is 15.9 Å². The Hall–Kier alpha value is -3.07. The topological polar surface area (TPSA) is 103 Å². The van der Waals surface area contributed by atoms with Crippen molar-refractivity contribution in [2.75, 3.05) is 5.32 Å². The van der Waals surface area contributed by atoms with E-state index in [9.17, 15) is 19.6 Å². The number of rotatable bonds is 4. The van der Waals surface area contributed by atoms with Crippen LogP contribution in [0.25, 0.3) is 0 Å². The zero-order chi connectivity index (χ0) is 16.8. The number of non-ortho nitro benzene ring substituents is 1. The van der Waals surface area contributed by atoms with Gasteiger partial charge in [-0.25, -0.2) is 4.39 Å². The molecule has 0 aliphatic rings. The number of hydrogen-bond donors (Lipinski definition) is 2. The first kappa shape index (κ1) is 16.3. The quantitative estimate of drug-likeness (QED) is 0.384. The molecule has 0 aliphatic carbocycles. The van der Waals surface area contributed by atoms with Gasteiger partial charge in [-0.2, -0.15) is 5.10 Å². The lowest BCUT2D eigenvalue weighted by molar-refractivity contribution is -0.385. The highest BCUT2D eigenvalue weighted by molar-refractivity contribution is 7.80. The van der Waals surface area contributed by atoms with Crippen molar-refractivity contribution in [3.8, 4) is 5.75 Å². The molecule has 7 nitrogen and oxygen atoms in total. The average Bonchev–Trinajstić information content (AvgIpc) is 2.51. The van der Waals surface area contributed by atoms with Crippen LogP contribution in [0.1, 0.15) is 5.56 Å². The number of halogens is 1. The number of nitrogens with zero attached hydrogens (tertiary/aromatic N) is 2. The van der Waals surface area contributed by atoms with Crippen molar-refractivity contribution >= 4 is 34.9 Å². The van der Waals surface area contributed by atoms with Gasteiger partial charge in [-0.1, -0.05) is 11.8 Å². The van der Waals surface area contributed by atoms with Gasteiger partial charge in [0.1, 0.15) is 5.82 Å². The SMILES string of the molecule is O=[N+]([O-])c1ccc([O-])c(/C=N\NC(=S)Nc2ccc(F)cc2)c1. The van der Waals surface area contributed by atoms with Gasteiger partial charge in [0, 0.05) is 17.8 Å². The van der Waals surface area contributed by atoms with Crippen LogP contribution in [0.5, 0.6) is 5.75 Å². The van der Waals surface area contributed by atoms with Gasteiger partial charge in [0.25, 0.3) is 5.69 Å². The van der Waals surface area contributed by atoms with Crippen LogP contribution in [-0.2, 0) is 0 Å². The molecule has 0 spiro atoms. The third-order valence-electron chi connectivity index (χ3n) is 2.68. The fourth-order valence-electron chi connectivity index (χ4n) is 1.60. The Morgan fingerprint density at radius 3 is 2.61 bits per heavy atom. The van der Waals surface area contributed by atoms with Crippen molar-refractivity contribution in [2.45, 2.75) is 0 Å². The van der Waals surface area contributed by atoms with Crippen LogP contribution in [0.3, 0.4) is 0 Å². The molecule has 23 heavy (non-hydrogen) atoms. The van der Waals surface area contributed by atoms with Gasteiger partial charge in [0.15, 0.2) is 5.11 Å². The number of nitro benzene ring substituents is 1. The standard InChI is InChI=1S/C14H11FN4O3S/c15-10-1-3-11(4-2-10)17-14(23)18-16-8-9-7-12(19(21)22)5-6-13(9)20/h1-8,20H,(H2,17,18,23)/p-1/b16-8-. The van der Waals surface area contributed by atoms with Crippen molar-refractivity contribution in [3.63, 3.8) is 0 Å². The van der Waals surface area contributed by atoms with E-state index in [-0.39, 0.29) is 22.2 Å². The van der Waals surface area contributed by atoms with E-state index in [1.807, 2.05) is 0 Å². The first-order valence-electron chi connectivity index (χ1n) is 6.27. The number of thiocarbonyl (C=S) groups is 1. The summed E-state index contributed by atoms with van der Waals surface area (Å²) in [4.78, 5) is 10.1. The largest absolute Gasteiger partial charge is 0.872 e. The van der Waals surface area contributed by atoms with E-state index in [2.05, 4.69) is 15.8 Å². The van der Waals surface area contributed by atoms with Gasteiger partial charge in [0.2, 0.25) is 0 Å². The molecule has 0 bridgehead atoms. The minimum Gasteiger partial charge on any atom is -0.872 e. The predicted molar refractivity (Wildman–Crippen MR) is 85.9 cm³/mol. The van der Waals surface area contributed by atoms with Crippen LogP contribution in [-0.4, -0.2) is 16.3 Å². The second-order valence-corrected chi connectivity index (χ2v) is 4.72. The third kappa shape index (κ3) is 4.71. The summed E-state index contributed by atoms with van der Waals surface area (Å²) >= 11 is 4.97. The van der Waals surface area contributed by atoms with Crippen molar-refractivity contribution in [1.82, 2.24) is 5.43 Å². The fraction of sp³-hybridized carbons (Fsp3) is 0. The Labute approximate surface area is 135 Å². The first-order valence-corrected chi connectivity index (χ1v) is 6.67. The van der Waals surface area contributed by atoms with E-state index in [1.165, 1.54) is 24.3 Å². The summed E-state index contributed by atoms with van der Waals surface area (Å²) in [5.41, 5.74) is 2.85. The lowest BCUT2D eigenvalue weighted by atomic mass is 10.2. The number of benzene rings is 2. The van der Waals surface area contributed by atoms with Gasteiger partial charge < -0.3 is 10.4 Å². The molecule has 0 amide bonds. The minimum atomic E-state index is -0.606. The molecule has 0 radical (unpaired) electrons. The Morgan fingerprint density at radius 1 is 1.26 bits per heavy atom. The molecular weight excluding hydrogens is 323 g/mol. The molecule has 0 aliphatic heterocycles.